The van der Waals surface area contributed by atoms with Crippen molar-refractivity contribution in [2.75, 3.05) is 0 Å². The fourth-order valence-corrected chi connectivity index (χ4v) is 2.80. The summed E-state index contributed by atoms with van der Waals surface area (Å²) >= 11 is 5.81. The fourth-order valence-electron chi connectivity index (χ4n) is 2.55. The highest BCUT2D eigenvalue weighted by Gasteiger charge is 2.17. The van der Waals surface area contributed by atoms with Crippen molar-refractivity contribution in [3.63, 3.8) is 0 Å². The number of para-hydroxylation sites is 1. The van der Waals surface area contributed by atoms with Gasteiger partial charge in [0, 0.05) is 16.5 Å². The van der Waals surface area contributed by atoms with Gasteiger partial charge in [-0.1, -0.05) is 48.0 Å². The first-order valence-corrected chi connectivity index (χ1v) is 7.12. The van der Waals surface area contributed by atoms with Crippen LogP contribution in [0.1, 0.15) is 21.5 Å². The van der Waals surface area contributed by atoms with E-state index >= 15 is 0 Å². The highest BCUT2D eigenvalue weighted by molar-refractivity contribution is 6.68. The van der Waals surface area contributed by atoms with Crippen LogP contribution in [0.15, 0.2) is 48.5 Å². The quantitative estimate of drug-likeness (QED) is 0.630. The first-order valence-electron chi connectivity index (χ1n) is 6.74. The molecule has 0 radical (unpaired) electrons. The molecule has 21 heavy (non-hydrogen) atoms. The molecule has 1 aromatic heterocycles. The first-order chi connectivity index (χ1) is 10.1. The molecule has 3 heteroatoms. The second-order valence-corrected chi connectivity index (χ2v) is 5.46. The number of hydrogen-bond donors (Lipinski definition) is 0. The number of rotatable bonds is 2. The van der Waals surface area contributed by atoms with E-state index in [1.54, 1.807) is 0 Å². The number of halogens is 1. The standard InChI is InChI=1S/C18H14ClNO/c1-11-7-9-13(10-8-11)17-12(2)16(18(19)21)14-5-3-4-6-15(14)20-17/h3-10H,1-2H3. The number of carbonyl (C=O) groups excluding carboxylic acids is 1. The van der Waals surface area contributed by atoms with Gasteiger partial charge in [-0.05, 0) is 37.1 Å². The van der Waals surface area contributed by atoms with Crippen LogP contribution in [-0.2, 0) is 0 Å². The summed E-state index contributed by atoms with van der Waals surface area (Å²) in [4.78, 5) is 16.6. The van der Waals surface area contributed by atoms with E-state index in [2.05, 4.69) is 0 Å². The monoisotopic (exact) mass is 295 g/mol. The van der Waals surface area contributed by atoms with Gasteiger partial charge in [-0.3, -0.25) is 4.79 Å². The van der Waals surface area contributed by atoms with Crippen molar-refractivity contribution in [3.05, 3.63) is 65.2 Å². The highest BCUT2D eigenvalue weighted by atomic mass is 35.5. The van der Waals surface area contributed by atoms with Gasteiger partial charge < -0.3 is 0 Å². The number of hydrogen-bond acceptors (Lipinski definition) is 2. The third kappa shape index (κ3) is 2.43. The predicted molar refractivity (Wildman–Crippen MR) is 86.8 cm³/mol. The van der Waals surface area contributed by atoms with Gasteiger partial charge in [-0.25, -0.2) is 4.98 Å². The Bertz CT molecular complexity index is 838. The number of aromatic nitrogens is 1. The molecular weight excluding hydrogens is 282 g/mol. The molecule has 0 bridgehead atoms. The minimum absolute atomic E-state index is 0.445. The molecule has 2 nitrogen and oxygen atoms in total. The molecule has 0 aliphatic rings. The SMILES string of the molecule is Cc1ccc(-c2nc3ccccc3c(C(=O)Cl)c2C)cc1. The highest BCUT2D eigenvalue weighted by Crippen LogP contribution is 2.30. The molecule has 0 aliphatic carbocycles. The molecule has 3 rings (SSSR count). The lowest BCUT2D eigenvalue weighted by atomic mass is 9.98. The van der Waals surface area contributed by atoms with Crippen molar-refractivity contribution in [1.29, 1.82) is 0 Å². The third-order valence-corrected chi connectivity index (χ3v) is 3.85. The lowest BCUT2D eigenvalue weighted by Crippen LogP contribution is -2.01. The average molecular weight is 296 g/mol. The van der Waals surface area contributed by atoms with E-state index < -0.39 is 5.24 Å². The second kappa shape index (κ2) is 5.30. The molecule has 0 N–H and O–H groups in total. The predicted octanol–water partition coefficient (Wildman–Crippen LogP) is 4.90. The van der Waals surface area contributed by atoms with Crippen LogP contribution in [0.2, 0.25) is 0 Å². The maximum Gasteiger partial charge on any atom is 0.253 e. The Morgan fingerprint density at radius 2 is 1.67 bits per heavy atom. The number of pyridine rings is 1. The van der Waals surface area contributed by atoms with Gasteiger partial charge in [-0.15, -0.1) is 0 Å². The Hall–Kier alpha value is -2.19. The molecule has 0 unspecified atom stereocenters. The summed E-state index contributed by atoms with van der Waals surface area (Å²) in [7, 11) is 0. The zero-order valence-electron chi connectivity index (χ0n) is 11.9. The molecule has 2 aromatic carbocycles. The van der Waals surface area contributed by atoms with E-state index in [4.69, 9.17) is 16.6 Å². The molecule has 0 saturated heterocycles. The largest absolute Gasteiger partial charge is 0.276 e. The van der Waals surface area contributed by atoms with E-state index in [0.29, 0.717) is 5.56 Å². The summed E-state index contributed by atoms with van der Waals surface area (Å²) in [6.07, 6.45) is 0. The van der Waals surface area contributed by atoms with Crippen molar-refractivity contribution in [3.8, 4) is 11.3 Å². The van der Waals surface area contributed by atoms with Gasteiger partial charge in [0.05, 0.1) is 11.2 Å². The molecule has 3 aromatic rings. The average Bonchev–Trinajstić information content (AvgIpc) is 2.47. The van der Waals surface area contributed by atoms with Crippen LogP contribution in [-0.4, -0.2) is 10.2 Å². The summed E-state index contributed by atoms with van der Waals surface area (Å²) < 4.78 is 0. The van der Waals surface area contributed by atoms with Crippen LogP contribution in [0.4, 0.5) is 0 Å². The topological polar surface area (TPSA) is 30.0 Å². The lowest BCUT2D eigenvalue weighted by Gasteiger charge is -2.12. The molecule has 0 amide bonds. The Morgan fingerprint density at radius 3 is 2.33 bits per heavy atom. The zero-order chi connectivity index (χ0) is 15.0. The number of benzene rings is 2. The first kappa shape index (κ1) is 13.8. The van der Waals surface area contributed by atoms with Crippen LogP contribution in [0.5, 0.6) is 0 Å². The van der Waals surface area contributed by atoms with Crippen molar-refractivity contribution in [1.82, 2.24) is 4.98 Å². The Kier molecular flexibility index (Phi) is 3.48. The van der Waals surface area contributed by atoms with Gasteiger partial charge in [0.1, 0.15) is 0 Å². The van der Waals surface area contributed by atoms with Crippen LogP contribution >= 0.6 is 11.6 Å². The number of nitrogens with zero attached hydrogens (tertiary/aromatic N) is 1. The lowest BCUT2D eigenvalue weighted by molar-refractivity contribution is 0.108. The summed E-state index contributed by atoms with van der Waals surface area (Å²) in [6.45, 7) is 3.93. The van der Waals surface area contributed by atoms with E-state index in [0.717, 1.165) is 27.7 Å². The molecule has 0 aliphatic heterocycles. The summed E-state index contributed by atoms with van der Waals surface area (Å²) in [5.41, 5.74) is 5.12. The molecule has 0 atom stereocenters. The number of aryl methyl sites for hydroxylation is 1. The Morgan fingerprint density at radius 1 is 1.00 bits per heavy atom. The molecule has 0 fully saturated rings. The third-order valence-electron chi connectivity index (χ3n) is 3.66. The smallest absolute Gasteiger partial charge is 0.253 e. The molecule has 1 heterocycles. The minimum atomic E-state index is -0.445. The molecule has 104 valence electrons. The second-order valence-electron chi connectivity index (χ2n) is 5.12. The van der Waals surface area contributed by atoms with Crippen LogP contribution in [0, 0.1) is 13.8 Å². The van der Waals surface area contributed by atoms with Crippen molar-refractivity contribution in [2.45, 2.75) is 13.8 Å². The number of fused-ring (bicyclic) bond motifs is 1. The zero-order valence-corrected chi connectivity index (χ0v) is 12.6. The van der Waals surface area contributed by atoms with Crippen molar-refractivity contribution < 1.29 is 4.79 Å². The normalized spacial score (nSPS) is 10.8. The van der Waals surface area contributed by atoms with Crippen LogP contribution in [0.3, 0.4) is 0 Å². The van der Waals surface area contributed by atoms with Gasteiger partial charge >= 0.3 is 0 Å². The number of carbonyl (C=O) groups is 1. The van der Waals surface area contributed by atoms with Crippen LogP contribution < -0.4 is 0 Å². The van der Waals surface area contributed by atoms with Gasteiger partial charge in [-0.2, -0.15) is 0 Å². The molecule has 0 spiro atoms. The Balaban J connectivity index is 2.36. The Labute approximate surface area is 128 Å². The van der Waals surface area contributed by atoms with Crippen LogP contribution in [0.25, 0.3) is 22.2 Å². The van der Waals surface area contributed by atoms with E-state index in [1.807, 2.05) is 62.4 Å². The van der Waals surface area contributed by atoms with Gasteiger partial charge in [0.2, 0.25) is 0 Å². The maximum absolute atomic E-state index is 11.9. The van der Waals surface area contributed by atoms with E-state index in [9.17, 15) is 4.79 Å². The van der Waals surface area contributed by atoms with E-state index in [1.165, 1.54) is 5.56 Å². The van der Waals surface area contributed by atoms with Gasteiger partial charge in [0.25, 0.3) is 5.24 Å². The minimum Gasteiger partial charge on any atom is -0.276 e. The summed E-state index contributed by atoms with van der Waals surface area (Å²) in [5.74, 6) is 0. The molecular formula is C18H14ClNO. The molecule has 0 saturated carbocycles. The van der Waals surface area contributed by atoms with Crippen molar-refractivity contribution in [2.24, 2.45) is 0 Å². The van der Waals surface area contributed by atoms with Crippen molar-refractivity contribution >= 4 is 27.7 Å². The summed E-state index contributed by atoms with van der Waals surface area (Å²) in [5, 5.41) is 0.352. The fraction of sp³-hybridized carbons (Fsp3) is 0.111. The summed E-state index contributed by atoms with van der Waals surface area (Å²) in [6, 6.07) is 15.7. The maximum atomic E-state index is 11.9. The van der Waals surface area contributed by atoms with Gasteiger partial charge in [0.15, 0.2) is 0 Å². The van der Waals surface area contributed by atoms with E-state index in [-0.39, 0.29) is 0 Å².